The molecule has 2 aliphatic rings. The first-order valence-electron chi connectivity index (χ1n) is 6.00. The van der Waals surface area contributed by atoms with E-state index in [0.717, 1.165) is 17.2 Å². The van der Waals surface area contributed by atoms with Gasteiger partial charge < -0.3 is 11.1 Å². The van der Waals surface area contributed by atoms with Crippen LogP contribution in [0.3, 0.4) is 0 Å². The molecule has 0 radical (unpaired) electrons. The van der Waals surface area contributed by atoms with Gasteiger partial charge in [-0.05, 0) is 39.5 Å². The highest BCUT2D eigenvalue weighted by atomic mass is 15.1. The van der Waals surface area contributed by atoms with Gasteiger partial charge in [-0.25, -0.2) is 9.97 Å². The Morgan fingerprint density at radius 1 is 1.31 bits per heavy atom. The summed E-state index contributed by atoms with van der Waals surface area (Å²) in [5, 5.41) is 3.49. The number of nitrogens with one attached hydrogen (secondary N) is 1. The molecule has 3 rings (SSSR count). The first-order chi connectivity index (χ1) is 7.57. The van der Waals surface area contributed by atoms with E-state index < -0.39 is 0 Å². The molecule has 0 aliphatic heterocycles. The molecule has 2 saturated carbocycles. The predicted octanol–water partition coefficient (Wildman–Crippen LogP) is 2.21. The molecule has 1 heterocycles. The molecular formula is C12H18N4. The second-order valence-corrected chi connectivity index (χ2v) is 5.40. The van der Waals surface area contributed by atoms with Gasteiger partial charge in [-0.3, -0.25) is 0 Å². The first-order valence-corrected chi connectivity index (χ1v) is 6.00. The predicted molar refractivity (Wildman–Crippen MR) is 64.4 cm³/mol. The number of nitrogens with two attached hydrogens (primary N) is 1. The number of hydrogen-bond donors (Lipinski definition) is 2. The molecule has 86 valence electrons. The van der Waals surface area contributed by atoms with Crippen molar-refractivity contribution in [2.45, 2.75) is 51.0 Å². The fraction of sp³-hybridized carbons (Fsp3) is 0.667. The fourth-order valence-corrected chi connectivity index (χ4v) is 1.80. The molecule has 2 fully saturated rings. The van der Waals surface area contributed by atoms with Crippen molar-refractivity contribution in [2.75, 3.05) is 11.1 Å². The zero-order chi connectivity index (χ0) is 11.3. The van der Waals surface area contributed by atoms with E-state index in [2.05, 4.69) is 22.2 Å². The third-order valence-corrected chi connectivity index (χ3v) is 3.56. The van der Waals surface area contributed by atoms with E-state index in [1.165, 1.54) is 25.7 Å². The molecule has 0 unspecified atom stereocenters. The maximum Gasteiger partial charge on any atom is 0.136 e. The third kappa shape index (κ3) is 1.72. The number of hydrogen-bond acceptors (Lipinski definition) is 4. The van der Waals surface area contributed by atoms with Crippen LogP contribution in [0.15, 0.2) is 0 Å². The lowest BCUT2D eigenvalue weighted by Crippen LogP contribution is -2.19. The number of nitrogens with zero attached hydrogens (tertiary/aromatic N) is 2. The Kier molecular flexibility index (Phi) is 1.91. The summed E-state index contributed by atoms with van der Waals surface area (Å²) < 4.78 is 0. The van der Waals surface area contributed by atoms with Crippen LogP contribution < -0.4 is 11.1 Å². The Balaban J connectivity index is 1.94. The van der Waals surface area contributed by atoms with E-state index in [1.54, 1.807) is 0 Å². The van der Waals surface area contributed by atoms with Gasteiger partial charge in [-0.2, -0.15) is 0 Å². The molecule has 1 aromatic heterocycles. The molecule has 16 heavy (non-hydrogen) atoms. The average molecular weight is 218 g/mol. The SMILES string of the molecule is Cc1c(N)nc(C2CC2)nc1NC1(C)CC1. The standard InChI is InChI=1S/C12H18N4/c1-7-9(13)14-11(8-3-4-8)15-10(7)16-12(2)5-6-12/h8H,3-6H2,1-2H3,(H3,13,14,15,16). The Morgan fingerprint density at radius 3 is 2.56 bits per heavy atom. The van der Waals surface area contributed by atoms with E-state index in [-0.39, 0.29) is 5.54 Å². The maximum atomic E-state index is 5.94. The summed E-state index contributed by atoms with van der Waals surface area (Å²) >= 11 is 0. The molecule has 0 spiro atoms. The molecule has 0 amide bonds. The van der Waals surface area contributed by atoms with Crippen molar-refractivity contribution in [1.29, 1.82) is 0 Å². The van der Waals surface area contributed by atoms with Crippen molar-refractivity contribution < 1.29 is 0 Å². The molecule has 4 nitrogen and oxygen atoms in total. The van der Waals surface area contributed by atoms with Gasteiger partial charge in [0.2, 0.25) is 0 Å². The highest BCUT2D eigenvalue weighted by Gasteiger charge is 2.38. The van der Waals surface area contributed by atoms with E-state index in [1.807, 2.05) is 6.92 Å². The smallest absolute Gasteiger partial charge is 0.136 e. The average Bonchev–Trinajstić information content (AvgIpc) is 3.09. The van der Waals surface area contributed by atoms with Crippen molar-refractivity contribution in [3.63, 3.8) is 0 Å². The van der Waals surface area contributed by atoms with Crippen molar-refractivity contribution in [2.24, 2.45) is 0 Å². The largest absolute Gasteiger partial charge is 0.383 e. The molecular weight excluding hydrogens is 200 g/mol. The van der Waals surface area contributed by atoms with E-state index >= 15 is 0 Å². The Labute approximate surface area is 95.7 Å². The van der Waals surface area contributed by atoms with Crippen LogP contribution in [0.5, 0.6) is 0 Å². The highest BCUT2D eigenvalue weighted by Crippen LogP contribution is 2.41. The van der Waals surface area contributed by atoms with E-state index in [0.29, 0.717) is 11.7 Å². The molecule has 2 aliphatic carbocycles. The van der Waals surface area contributed by atoms with Gasteiger partial charge in [0.25, 0.3) is 0 Å². The summed E-state index contributed by atoms with van der Waals surface area (Å²) in [6.45, 7) is 4.21. The minimum Gasteiger partial charge on any atom is -0.383 e. The van der Waals surface area contributed by atoms with E-state index in [9.17, 15) is 0 Å². The summed E-state index contributed by atoms with van der Waals surface area (Å²) in [4.78, 5) is 8.99. The Morgan fingerprint density at radius 2 is 2.00 bits per heavy atom. The van der Waals surface area contributed by atoms with Crippen molar-refractivity contribution in [3.05, 3.63) is 11.4 Å². The number of rotatable bonds is 3. The third-order valence-electron chi connectivity index (χ3n) is 3.56. The summed E-state index contributed by atoms with van der Waals surface area (Å²) in [7, 11) is 0. The van der Waals surface area contributed by atoms with Crippen LogP contribution >= 0.6 is 0 Å². The summed E-state index contributed by atoms with van der Waals surface area (Å²) in [6, 6.07) is 0. The first kappa shape index (κ1) is 9.87. The van der Waals surface area contributed by atoms with Crippen LogP contribution in [-0.4, -0.2) is 15.5 Å². The lowest BCUT2D eigenvalue weighted by Gasteiger charge is -2.16. The van der Waals surface area contributed by atoms with E-state index in [4.69, 9.17) is 5.73 Å². The summed E-state index contributed by atoms with van der Waals surface area (Å²) in [5.41, 5.74) is 7.16. The Bertz CT molecular complexity index is 433. The van der Waals surface area contributed by atoms with Crippen LogP contribution in [0.1, 0.15) is 49.9 Å². The molecule has 0 atom stereocenters. The van der Waals surface area contributed by atoms with Crippen LogP contribution in [0.2, 0.25) is 0 Å². The zero-order valence-electron chi connectivity index (χ0n) is 9.88. The van der Waals surface area contributed by atoms with Gasteiger partial charge >= 0.3 is 0 Å². The number of aromatic nitrogens is 2. The minimum absolute atomic E-state index is 0.242. The second-order valence-electron chi connectivity index (χ2n) is 5.40. The topological polar surface area (TPSA) is 63.8 Å². The fourth-order valence-electron chi connectivity index (χ4n) is 1.80. The van der Waals surface area contributed by atoms with Crippen LogP contribution in [0.4, 0.5) is 11.6 Å². The summed E-state index contributed by atoms with van der Waals surface area (Å²) in [5.74, 6) is 3.04. The molecule has 0 saturated heterocycles. The van der Waals surface area contributed by atoms with Crippen LogP contribution in [-0.2, 0) is 0 Å². The van der Waals surface area contributed by atoms with Gasteiger partial charge in [-0.1, -0.05) is 0 Å². The van der Waals surface area contributed by atoms with Gasteiger partial charge in [0.15, 0.2) is 0 Å². The normalized spacial score (nSPS) is 21.9. The molecule has 4 heteroatoms. The van der Waals surface area contributed by atoms with Gasteiger partial charge in [0.05, 0.1) is 0 Å². The maximum absolute atomic E-state index is 5.94. The number of nitrogen functional groups attached to an aromatic ring is 1. The van der Waals surface area contributed by atoms with Crippen LogP contribution in [0, 0.1) is 6.92 Å². The lowest BCUT2D eigenvalue weighted by atomic mass is 10.2. The molecule has 0 bridgehead atoms. The number of anilines is 2. The lowest BCUT2D eigenvalue weighted by molar-refractivity contribution is 0.807. The Hall–Kier alpha value is -1.32. The van der Waals surface area contributed by atoms with Gasteiger partial charge in [0, 0.05) is 17.0 Å². The second kappa shape index (κ2) is 3.09. The van der Waals surface area contributed by atoms with Crippen molar-refractivity contribution >= 4 is 11.6 Å². The van der Waals surface area contributed by atoms with Crippen molar-refractivity contribution in [3.8, 4) is 0 Å². The molecule has 3 N–H and O–H groups in total. The van der Waals surface area contributed by atoms with Crippen LogP contribution in [0.25, 0.3) is 0 Å². The quantitative estimate of drug-likeness (QED) is 0.816. The van der Waals surface area contributed by atoms with Gasteiger partial charge in [0.1, 0.15) is 17.5 Å². The van der Waals surface area contributed by atoms with Crippen molar-refractivity contribution in [1.82, 2.24) is 9.97 Å². The highest BCUT2D eigenvalue weighted by molar-refractivity contribution is 5.57. The molecule has 1 aromatic rings. The minimum atomic E-state index is 0.242. The monoisotopic (exact) mass is 218 g/mol. The van der Waals surface area contributed by atoms with Gasteiger partial charge in [-0.15, -0.1) is 0 Å². The molecule has 0 aromatic carbocycles. The summed E-state index contributed by atoms with van der Waals surface area (Å²) in [6.07, 6.45) is 4.85. The zero-order valence-corrected chi connectivity index (χ0v) is 9.88.